The molecule has 1 spiro atoms. The first-order chi connectivity index (χ1) is 13.4. The lowest BCUT2D eigenvalue weighted by Gasteiger charge is -2.48. The summed E-state index contributed by atoms with van der Waals surface area (Å²) < 4.78 is 27.0. The van der Waals surface area contributed by atoms with E-state index in [-0.39, 0.29) is 23.1 Å². The van der Waals surface area contributed by atoms with Gasteiger partial charge in [0.2, 0.25) is 5.91 Å². The summed E-state index contributed by atoms with van der Waals surface area (Å²) in [5.74, 6) is -1.98. The molecule has 0 aliphatic carbocycles. The van der Waals surface area contributed by atoms with E-state index in [1.807, 2.05) is 0 Å². The number of hydrogen-bond donors (Lipinski definition) is 0. The maximum atomic E-state index is 13.9. The fraction of sp³-hybridized carbons (Fsp3) is 0.650. The van der Waals surface area contributed by atoms with E-state index in [9.17, 15) is 18.4 Å². The third-order valence-corrected chi connectivity index (χ3v) is 6.62. The summed E-state index contributed by atoms with van der Waals surface area (Å²) in [4.78, 5) is 34.6. The summed E-state index contributed by atoms with van der Waals surface area (Å²) in [7, 11) is 2.08. The SMILES string of the molecule is CN1CC[C@H](N2CC3(CCC2=O)CCN(C(=O)c2ncc(F)cc2F)CC3)C1. The first kappa shape index (κ1) is 19.2. The summed E-state index contributed by atoms with van der Waals surface area (Å²) in [6.45, 7) is 3.69. The Balaban J connectivity index is 1.41. The van der Waals surface area contributed by atoms with Gasteiger partial charge in [0.25, 0.3) is 5.91 Å². The number of nitrogens with zero attached hydrogens (tertiary/aromatic N) is 4. The number of likely N-dealkylation sites (tertiary alicyclic amines) is 3. The minimum Gasteiger partial charge on any atom is -0.338 e. The van der Waals surface area contributed by atoms with E-state index in [2.05, 4.69) is 21.8 Å². The molecule has 2 amide bonds. The Morgan fingerprint density at radius 2 is 1.96 bits per heavy atom. The average Bonchev–Trinajstić information content (AvgIpc) is 3.10. The number of amides is 2. The highest BCUT2D eigenvalue weighted by Crippen LogP contribution is 2.41. The lowest BCUT2D eigenvalue weighted by molar-refractivity contribution is -0.141. The van der Waals surface area contributed by atoms with E-state index in [1.165, 1.54) is 0 Å². The van der Waals surface area contributed by atoms with Crippen LogP contribution >= 0.6 is 0 Å². The van der Waals surface area contributed by atoms with Gasteiger partial charge in [-0.05, 0) is 44.7 Å². The molecule has 28 heavy (non-hydrogen) atoms. The van der Waals surface area contributed by atoms with Gasteiger partial charge in [-0.25, -0.2) is 13.8 Å². The van der Waals surface area contributed by atoms with Gasteiger partial charge in [-0.2, -0.15) is 0 Å². The first-order valence-corrected chi connectivity index (χ1v) is 9.95. The molecule has 0 aromatic carbocycles. The highest BCUT2D eigenvalue weighted by Gasteiger charge is 2.44. The standard InChI is InChI=1S/C20H26F2N4O2/c1-24-7-3-15(12-24)26-13-20(4-2-17(26)27)5-8-25(9-6-20)19(28)18-16(22)10-14(21)11-23-18/h10-11,15H,2-9,12-13H2,1H3/t15-/m0/s1. The minimum atomic E-state index is -0.926. The van der Waals surface area contributed by atoms with E-state index in [4.69, 9.17) is 0 Å². The lowest BCUT2D eigenvalue weighted by Crippen LogP contribution is -2.55. The predicted molar refractivity (Wildman–Crippen MR) is 98.6 cm³/mol. The van der Waals surface area contributed by atoms with E-state index in [0.717, 1.165) is 51.5 Å². The Labute approximate surface area is 163 Å². The van der Waals surface area contributed by atoms with Gasteiger partial charge in [-0.1, -0.05) is 0 Å². The number of pyridine rings is 1. The number of rotatable bonds is 2. The maximum absolute atomic E-state index is 13.9. The van der Waals surface area contributed by atoms with Gasteiger partial charge >= 0.3 is 0 Å². The Bertz CT molecular complexity index is 779. The number of aromatic nitrogens is 1. The number of carbonyl (C=O) groups excluding carboxylic acids is 2. The molecule has 4 heterocycles. The van der Waals surface area contributed by atoms with Gasteiger partial charge in [0, 0.05) is 44.7 Å². The van der Waals surface area contributed by atoms with Crippen LogP contribution in [0.2, 0.25) is 0 Å². The molecule has 1 atom stereocenters. The van der Waals surface area contributed by atoms with Crippen molar-refractivity contribution in [2.45, 2.75) is 38.1 Å². The second-order valence-corrected chi connectivity index (χ2v) is 8.50. The number of hydrogen-bond acceptors (Lipinski definition) is 4. The summed E-state index contributed by atoms with van der Waals surface area (Å²) in [5.41, 5.74) is -0.299. The van der Waals surface area contributed by atoms with Crippen molar-refractivity contribution in [3.05, 3.63) is 29.6 Å². The van der Waals surface area contributed by atoms with Gasteiger partial charge in [0.05, 0.1) is 6.20 Å². The van der Waals surface area contributed by atoms with Crippen molar-refractivity contribution in [3.8, 4) is 0 Å². The largest absolute Gasteiger partial charge is 0.338 e. The van der Waals surface area contributed by atoms with Gasteiger partial charge in [0.1, 0.15) is 5.82 Å². The summed E-state index contributed by atoms with van der Waals surface area (Å²) >= 11 is 0. The van der Waals surface area contributed by atoms with Gasteiger partial charge in [-0.3, -0.25) is 9.59 Å². The van der Waals surface area contributed by atoms with Crippen molar-refractivity contribution in [3.63, 3.8) is 0 Å². The predicted octanol–water partition coefficient (Wildman–Crippen LogP) is 1.91. The molecule has 0 bridgehead atoms. The van der Waals surface area contributed by atoms with Crippen molar-refractivity contribution in [2.75, 3.05) is 39.8 Å². The number of carbonyl (C=O) groups is 2. The van der Waals surface area contributed by atoms with Crippen LogP contribution in [-0.2, 0) is 4.79 Å². The second kappa shape index (κ2) is 7.39. The fourth-order valence-electron chi connectivity index (χ4n) is 4.86. The quantitative estimate of drug-likeness (QED) is 0.772. The normalized spacial score (nSPS) is 25.5. The molecule has 6 nitrogen and oxygen atoms in total. The monoisotopic (exact) mass is 392 g/mol. The van der Waals surface area contributed by atoms with E-state index in [1.54, 1.807) is 4.90 Å². The fourth-order valence-corrected chi connectivity index (χ4v) is 4.86. The molecule has 3 saturated heterocycles. The van der Waals surface area contributed by atoms with Gasteiger partial charge < -0.3 is 14.7 Å². The molecule has 3 aliphatic heterocycles. The average molecular weight is 392 g/mol. The van der Waals surface area contributed by atoms with Crippen LogP contribution in [0.25, 0.3) is 0 Å². The third-order valence-electron chi connectivity index (χ3n) is 6.62. The molecule has 0 saturated carbocycles. The van der Waals surface area contributed by atoms with Crippen molar-refractivity contribution >= 4 is 11.8 Å². The molecular formula is C20H26F2N4O2. The first-order valence-electron chi connectivity index (χ1n) is 9.95. The highest BCUT2D eigenvalue weighted by atomic mass is 19.1. The second-order valence-electron chi connectivity index (χ2n) is 8.50. The molecule has 0 unspecified atom stereocenters. The Kier molecular flexibility index (Phi) is 5.07. The van der Waals surface area contributed by atoms with Crippen molar-refractivity contribution in [2.24, 2.45) is 5.41 Å². The summed E-state index contributed by atoms with van der Waals surface area (Å²) in [6, 6.07) is 0.974. The van der Waals surface area contributed by atoms with Crippen molar-refractivity contribution < 1.29 is 18.4 Å². The molecule has 0 radical (unpaired) electrons. The summed E-state index contributed by atoms with van der Waals surface area (Å²) in [5, 5.41) is 0. The van der Waals surface area contributed by atoms with Crippen LogP contribution in [0, 0.1) is 17.0 Å². The molecule has 8 heteroatoms. The van der Waals surface area contributed by atoms with E-state index in [0.29, 0.717) is 25.6 Å². The smallest absolute Gasteiger partial charge is 0.275 e. The molecular weight excluding hydrogens is 366 g/mol. The number of likely N-dealkylation sites (N-methyl/N-ethyl adjacent to an activating group) is 1. The van der Waals surface area contributed by atoms with E-state index >= 15 is 0 Å². The Morgan fingerprint density at radius 3 is 2.61 bits per heavy atom. The third kappa shape index (κ3) is 3.62. The zero-order valence-electron chi connectivity index (χ0n) is 16.2. The van der Waals surface area contributed by atoms with Crippen LogP contribution in [0.3, 0.4) is 0 Å². The topological polar surface area (TPSA) is 56.8 Å². The number of halogens is 2. The van der Waals surface area contributed by atoms with Crippen LogP contribution in [0.4, 0.5) is 8.78 Å². The van der Waals surface area contributed by atoms with Crippen LogP contribution < -0.4 is 0 Å². The minimum absolute atomic E-state index is 0.0284. The maximum Gasteiger partial charge on any atom is 0.275 e. The molecule has 1 aromatic rings. The molecule has 3 aliphatic rings. The Hall–Kier alpha value is -2.09. The van der Waals surface area contributed by atoms with Crippen molar-refractivity contribution in [1.29, 1.82) is 0 Å². The van der Waals surface area contributed by atoms with Crippen LogP contribution in [0.1, 0.15) is 42.6 Å². The van der Waals surface area contributed by atoms with Crippen LogP contribution in [0.5, 0.6) is 0 Å². The molecule has 152 valence electrons. The molecule has 0 N–H and O–H groups in total. The van der Waals surface area contributed by atoms with E-state index < -0.39 is 17.5 Å². The molecule has 4 rings (SSSR count). The molecule has 1 aromatic heterocycles. The zero-order valence-corrected chi connectivity index (χ0v) is 16.2. The van der Waals surface area contributed by atoms with Gasteiger partial charge in [-0.15, -0.1) is 0 Å². The lowest BCUT2D eigenvalue weighted by atomic mass is 9.72. The van der Waals surface area contributed by atoms with Crippen LogP contribution in [0.15, 0.2) is 12.3 Å². The van der Waals surface area contributed by atoms with Crippen molar-refractivity contribution in [1.82, 2.24) is 19.7 Å². The highest BCUT2D eigenvalue weighted by molar-refractivity contribution is 5.92. The zero-order chi connectivity index (χ0) is 19.9. The van der Waals surface area contributed by atoms with Crippen LogP contribution in [-0.4, -0.2) is 77.3 Å². The molecule has 3 fully saturated rings. The summed E-state index contributed by atoms with van der Waals surface area (Å²) in [6.07, 6.45) is 4.85. The Morgan fingerprint density at radius 1 is 1.21 bits per heavy atom. The number of piperidine rings is 2. The van der Waals surface area contributed by atoms with Gasteiger partial charge in [0.15, 0.2) is 11.5 Å².